The molecule has 18 heavy (non-hydrogen) atoms. The van der Waals surface area contributed by atoms with Crippen molar-refractivity contribution in [3.63, 3.8) is 0 Å². The van der Waals surface area contributed by atoms with Crippen LogP contribution in [0.2, 0.25) is 0 Å². The van der Waals surface area contributed by atoms with Crippen molar-refractivity contribution in [3.05, 3.63) is 35.9 Å². The summed E-state index contributed by atoms with van der Waals surface area (Å²) >= 11 is 0. The largest absolute Gasteiger partial charge is 0.469 e. The van der Waals surface area contributed by atoms with Crippen LogP contribution in [0.15, 0.2) is 30.3 Å². The monoisotopic (exact) mass is 251 g/mol. The number of methoxy groups -OCH3 is 1. The van der Waals surface area contributed by atoms with Gasteiger partial charge < -0.3 is 15.2 Å². The number of aliphatic hydroxyl groups is 1. The maximum Gasteiger partial charge on any atom is 0.311 e. The topological polar surface area (TPSA) is 58.6 Å². The summed E-state index contributed by atoms with van der Waals surface area (Å²) in [7, 11) is 1.34. The maximum atomic E-state index is 11.4. The summed E-state index contributed by atoms with van der Waals surface area (Å²) in [6.07, 6.45) is -0.118. The van der Waals surface area contributed by atoms with Crippen LogP contribution >= 0.6 is 0 Å². The molecule has 0 saturated carbocycles. The second kappa shape index (κ2) is 7.84. The normalized spacial score (nSPS) is 13.9. The first kappa shape index (κ1) is 14.7. The average Bonchev–Trinajstić information content (AvgIpc) is 2.38. The number of carbonyl (C=O) groups is 1. The van der Waals surface area contributed by atoms with E-state index in [9.17, 15) is 9.90 Å². The van der Waals surface area contributed by atoms with Crippen molar-refractivity contribution in [3.8, 4) is 0 Å². The van der Waals surface area contributed by atoms with E-state index in [0.717, 1.165) is 6.54 Å². The Labute approximate surface area is 108 Å². The molecule has 2 unspecified atom stereocenters. The SMILES string of the molecule is COC(=O)C(CCNCc1ccccc1)C(C)O. The molecule has 0 aliphatic heterocycles. The molecule has 0 aliphatic rings. The van der Waals surface area contributed by atoms with Crippen LogP contribution in [-0.2, 0) is 16.1 Å². The van der Waals surface area contributed by atoms with Crippen molar-refractivity contribution in [2.24, 2.45) is 5.92 Å². The van der Waals surface area contributed by atoms with Gasteiger partial charge in [0.15, 0.2) is 0 Å². The lowest BCUT2D eigenvalue weighted by Crippen LogP contribution is -2.30. The molecule has 0 heterocycles. The second-order valence-corrected chi connectivity index (χ2v) is 4.32. The van der Waals surface area contributed by atoms with Gasteiger partial charge in [0.1, 0.15) is 0 Å². The minimum atomic E-state index is -0.684. The highest BCUT2D eigenvalue weighted by molar-refractivity contribution is 5.72. The van der Waals surface area contributed by atoms with Crippen molar-refractivity contribution in [2.45, 2.75) is 26.0 Å². The van der Waals surface area contributed by atoms with Crippen LogP contribution in [0.25, 0.3) is 0 Å². The molecule has 0 bridgehead atoms. The van der Waals surface area contributed by atoms with Crippen molar-refractivity contribution in [1.82, 2.24) is 5.32 Å². The van der Waals surface area contributed by atoms with Gasteiger partial charge >= 0.3 is 5.97 Å². The third-order valence-corrected chi connectivity index (χ3v) is 2.89. The first-order chi connectivity index (χ1) is 8.65. The fourth-order valence-electron chi connectivity index (χ4n) is 1.79. The number of esters is 1. The summed E-state index contributed by atoms with van der Waals surface area (Å²) in [5, 5.41) is 12.7. The lowest BCUT2D eigenvalue weighted by atomic mass is 10.00. The lowest BCUT2D eigenvalue weighted by molar-refractivity contribution is -0.149. The Morgan fingerprint density at radius 2 is 2.06 bits per heavy atom. The van der Waals surface area contributed by atoms with Gasteiger partial charge in [0.25, 0.3) is 0 Å². The number of nitrogens with one attached hydrogen (secondary N) is 1. The van der Waals surface area contributed by atoms with E-state index in [4.69, 9.17) is 0 Å². The molecule has 1 aromatic carbocycles. The molecule has 2 atom stereocenters. The van der Waals surface area contributed by atoms with E-state index in [-0.39, 0.29) is 5.97 Å². The number of carbonyl (C=O) groups excluding carboxylic acids is 1. The Morgan fingerprint density at radius 3 is 2.61 bits per heavy atom. The Hall–Kier alpha value is -1.39. The quantitative estimate of drug-likeness (QED) is 0.567. The molecule has 0 aromatic heterocycles. The molecule has 0 amide bonds. The van der Waals surface area contributed by atoms with E-state index in [1.807, 2.05) is 30.3 Å². The number of hydrogen-bond donors (Lipinski definition) is 2. The molecule has 100 valence electrons. The van der Waals surface area contributed by atoms with Gasteiger partial charge in [-0.2, -0.15) is 0 Å². The highest BCUT2D eigenvalue weighted by Crippen LogP contribution is 2.10. The van der Waals surface area contributed by atoms with Crippen LogP contribution in [0, 0.1) is 5.92 Å². The smallest absolute Gasteiger partial charge is 0.311 e. The van der Waals surface area contributed by atoms with E-state index < -0.39 is 12.0 Å². The van der Waals surface area contributed by atoms with Crippen LogP contribution < -0.4 is 5.32 Å². The second-order valence-electron chi connectivity index (χ2n) is 4.32. The molecule has 4 nitrogen and oxygen atoms in total. The first-order valence-corrected chi connectivity index (χ1v) is 6.15. The van der Waals surface area contributed by atoms with E-state index in [1.165, 1.54) is 12.7 Å². The first-order valence-electron chi connectivity index (χ1n) is 6.15. The summed E-state index contributed by atoms with van der Waals surface area (Å²) in [5.74, 6) is -0.815. The van der Waals surface area contributed by atoms with Gasteiger partial charge in [-0.3, -0.25) is 4.79 Å². The number of benzene rings is 1. The number of aliphatic hydroxyl groups excluding tert-OH is 1. The predicted octanol–water partition coefficient (Wildman–Crippen LogP) is 1.34. The van der Waals surface area contributed by atoms with E-state index in [2.05, 4.69) is 10.1 Å². The van der Waals surface area contributed by atoms with Crippen LogP contribution in [0.3, 0.4) is 0 Å². The molecule has 0 radical (unpaired) electrons. The average molecular weight is 251 g/mol. The lowest BCUT2D eigenvalue weighted by Gasteiger charge is -2.17. The third-order valence-electron chi connectivity index (χ3n) is 2.89. The van der Waals surface area contributed by atoms with Crippen molar-refractivity contribution < 1.29 is 14.6 Å². The fourth-order valence-corrected chi connectivity index (χ4v) is 1.79. The molecule has 4 heteroatoms. The zero-order chi connectivity index (χ0) is 13.4. The molecular weight excluding hydrogens is 230 g/mol. The predicted molar refractivity (Wildman–Crippen MR) is 70.0 cm³/mol. The molecule has 2 N–H and O–H groups in total. The van der Waals surface area contributed by atoms with E-state index in [1.54, 1.807) is 6.92 Å². The van der Waals surface area contributed by atoms with Gasteiger partial charge in [-0.05, 0) is 25.5 Å². The van der Waals surface area contributed by atoms with Gasteiger partial charge in [0.05, 0.1) is 19.1 Å². The van der Waals surface area contributed by atoms with E-state index >= 15 is 0 Å². The number of ether oxygens (including phenoxy) is 1. The third kappa shape index (κ3) is 4.85. The molecular formula is C14H21NO3. The minimum Gasteiger partial charge on any atom is -0.469 e. The molecule has 0 saturated heterocycles. The standard InChI is InChI=1S/C14H21NO3/c1-11(16)13(14(17)18-2)8-9-15-10-12-6-4-3-5-7-12/h3-7,11,13,15-16H,8-10H2,1-2H3. The molecule has 0 aliphatic carbocycles. The number of rotatable bonds is 7. The maximum absolute atomic E-state index is 11.4. The molecule has 1 aromatic rings. The zero-order valence-corrected chi connectivity index (χ0v) is 10.9. The number of hydrogen-bond acceptors (Lipinski definition) is 4. The van der Waals surface area contributed by atoms with Crippen LogP contribution in [-0.4, -0.2) is 30.8 Å². The molecule has 0 fully saturated rings. The highest BCUT2D eigenvalue weighted by atomic mass is 16.5. The zero-order valence-electron chi connectivity index (χ0n) is 10.9. The van der Waals surface area contributed by atoms with Gasteiger partial charge in [-0.15, -0.1) is 0 Å². The minimum absolute atomic E-state index is 0.355. The Morgan fingerprint density at radius 1 is 1.39 bits per heavy atom. The summed E-state index contributed by atoms with van der Waals surface area (Å²) in [4.78, 5) is 11.4. The molecule has 1 rings (SSSR count). The van der Waals surface area contributed by atoms with Crippen LogP contribution in [0.5, 0.6) is 0 Å². The van der Waals surface area contributed by atoms with Gasteiger partial charge in [0.2, 0.25) is 0 Å². The molecule has 0 spiro atoms. The van der Waals surface area contributed by atoms with Crippen molar-refractivity contribution >= 4 is 5.97 Å². The highest BCUT2D eigenvalue weighted by Gasteiger charge is 2.23. The summed E-state index contributed by atoms with van der Waals surface area (Å²) < 4.78 is 4.66. The summed E-state index contributed by atoms with van der Waals surface area (Å²) in [6, 6.07) is 10.0. The van der Waals surface area contributed by atoms with Crippen molar-refractivity contribution in [1.29, 1.82) is 0 Å². The van der Waals surface area contributed by atoms with Gasteiger partial charge in [-0.1, -0.05) is 30.3 Å². The summed E-state index contributed by atoms with van der Waals surface area (Å²) in [6.45, 7) is 3.03. The van der Waals surface area contributed by atoms with Crippen molar-refractivity contribution in [2.75, 3.05) is 13.7 Å². The Balaban J connectivity index is 2.29. The summed E-state index contributed by atoms with van der Waals surface area (Å²) in [5.41, 5.74) is 1.20. The Kier molecular flexibility index (Phi) is 6.39. The van der Waals surface area contributed by atoms with Crippen LogP contribution in [0.4, 0.5) is 0 Å². The van der Waals surface area contributed by atoms with E-state index in [0.29, 0.717) is 13.0 Å². The van der Waals surface area contributed by atoms with Gasteiger partial charge in [-0.25, -0.2) is 0 Å². The van der Waals surface area contributed by atoms with Crippen LogP contribution in [0.1, 0.15) is 18.9 Å². The van der Waals surface area contributed by atoms with Gasteiger partial charge in [0, 0.05) is 6.54 Å². The fraction of sp³-hybridized carbons (Fsp3) is 0.500. The Bertz CT molecular complexity index is 351.